The summed E-state index contributed by atoms with van der Waals surface area (Å²) in [4.78, 5) is 18.3. The average Bonchev–Trinajstić information content (AvgIpc) is 2.97. The molecule has 0 aliphatic heterocycles. The Morgan fingerprint density at radius 3 is 2.75 bits per heavy atom. The minimum absolute atomic E-state index is 0.175. The van der Waals surface area contributed by atoms with Crippen LogP contribution in [0.15, 0.2) is 54.6 Å². The zero-order valence-corrected chi connectivity index (χ0v) is 13.7. The number of carbonyl (C=O) groups excluding carboxylic acids is 1. The van der Waals surface area contributed by atoms with Crippen LogP contribution in [0.3, 0.4) is 0 Å². The van der Waals surface area contributed by atoms with Gasteiger partial charge < -0.3 is 5.32 Å². The number of anilines is 1. The third-order valence-corrected chi connectivity index (χ3v) is 4.85. The molecule has 2 heterocycles. The molecule has 5 heteroatoms. The van der Waals surface area contributed by atoms with E-state index in [-0.39, 0.29) is 11.6 Å². The van der Waals surface area contributed by atoms with Crippen molar-refractivity contribution in [2.24, 2.45) is 0 Å². The molecule has 0 unspecified atom stereocenters. The first kappa shape index (κ1) is 14.8. The van der Waals surface area contributed by atoms with E-state index >= 15 is 0 Å². The number of hydrogen-bond acceptors (Lipinski definition) is 3. The van der Waals surface area contributed by atoms with E-state index < -0.39 is 5.82 Å². The highest BCUT2D eigenvalue weighted by molar-refractivity contribution is 7.20. The van der Waals surface area contributed by atoms with Gasteiger partial charge in [-0.3, -0.25) is 4.79 Å². The van der Waals surface area contributed by atoms with Crippen LogP contribution >= 0.6 is 11.3 Å². The summed E-state index contributed by atoms with van der Waals surface area (Å²) < 4.78 is 13.7. The van der Waals surface area contributed by atoms with Crippen molar-refractivity contribution in [1.29, 1.82) is 0 Å². The number of nitrogens with one attached hydrogen (secondary N) is 1. The second-order valence-corrected chi connectivity index (χ2v) is 6.65. The molecule has 0 radical (unpaired) electrons. The lowest BCUT2D eigenvalue weighted by atomic mass is 10.1. The highest BCUT2D eigenvalue weighted by Gasteiger charge is 2.13. The topological polar surface area (TPSA) is 42.0 Å². The summed E-state index contributed by atoms with van der Waals surface area (Å²) in [5.41, 5.74) is 2.22. The van der Waals surface area contributed by atoms with Crippen LogP contribution in [0, 0.1) is 12.7 Å². The molecule has 0 aliphatic carbocycles. The zero-order chi connectivity index (χ0) is 16.7. The van der Waals surface area contributed by atoms with Gasteiger partial charge in [-0.05, 0) is 42.8 Å². The summed E-state index contributed by atoms with van der Waals surface area (Å²) >= 11 is 1.31. The van der Waals surface area contributed by atoms with Crippen LogP contribution in [0.25, 0.3) is 21.1 Å². The summed E-state index contributed by atoms with van der Waals surface area (Å²) in [5.74, 6) is -0.783. The summed E-state index contributed by atoms with van der Waals surface area (Å²) in [6, 6.07) is 16.0. The Kier molecular flexibility index (Phi) is 3.50. The fourth-order valence-corrected chi connectivity index (χ4v) is 3.51. The Bertz CT molecular complexity index is 1090. The monoisotopic (exact) mass is 336 g/mol. The number of halogens is 1. The number of rotatable bonds is 2. The molecule has 0 atom stereocenters. The molecular formula is C19H13FN2OS. The zero-order valence-electron chi connectivity index (χ0n) is 12.8. The molecule has 2 aromatic carbocycles. The Balaban J connectivity index is 1.73. The van der Waals surface area contributed by atoms with Crippen LogP contribution in [0.4, 0.5) is 10.1 Å². The van der Waals surface area contributed by atoms with Gasteiger partial charge in [-0.2, -0.15) is 0 Å². The summed E-state index contributed by atoms with van der Waals surface area (Å²) in [5, 5.41) is 4.55. The van der Waals surface area contributed by atoms with Gasteiger partial charge in [0.2, 0.25) is 0 Å². The molecule has 4 aromatic rings. The molecule has 4 rings (SSSR count). The molecule has 1 N–H and O–H groups in total. The van der Waals surface area contributed by atoms with Crippen LogP contribution in [0.2, 0.25) is 0 Å². The van der Waals surface area contributed by atoms with Gasteiger partial charge in [0, 0.05) is 10.8 Å². The van der Waals surface area contributed by atoms with Gasteiger partial charge in [0.25, 0.3) is 5.91 Å². The normalized spacial score (nSPS) is 11.1. The molecule has 0 saturated carbocycles. The highest BCUT2D eigenvalue weighted by atomic mass is 32.1. The lowest BCUT2D eigenvalue weighted by molar-refractivity contribution is 0.103. The number of aromatic nitrogens is 1. The molecule has 2 aromatic heterocycles. The quantitative estimate of drug-likeness (QED) is 0.550. The number of aryl methyl sites for hydroxylation is 1. The number of carbonyl (C=O) groups is 1. The fraction of sp³-hybridized carbons (Fsp3) is 0.0526. The van der Waals surface area contributed by atoms with E-state index in [9.17, 15) is 9.18 Å². The summed E-state index contributed by atoms with van der Waals surface area (Å²) in [6.07, 6.45) is 0. The second-order valence-electron chi connectivity index (χ2n) is 5.62. The van der Waals surface area contributed by atoms with Crippen molar-refractivity contribution in [3.63, 3.8) is 0 Å². The lowest BCUT2D eigenvalue weighted by Gasteiger charge is -2.03. The average molecular weight is 336 g/mol. The number of nitrogens with zero attached hydrogens (tertiary/aromatic N) is 1. The number of pyridine rings is 1. The van der Waals surface area contributed by atoms with E-state index in [4.69, 9.17) is 0 Å². The van der Waals surface area contributed by atoms with Crippen LogP contribution in [-0.2, 0) is 0 Å². The maximum absolute atomic E-state index is 13.7. The van der Waals surface area contributed by atoms with Gasteiger partial charge in [0.1, 0.15) is 10.6 Å². The van der Waals surface area contributed by atoms with Gasteiger partial charge in [-0.25, -0.2) is 9.37 Å². The van der Waals surface area contributed by atoms with Gasteiger partial charge in [-0.1, -0.05) is 24.3 Å². The second kappa shape index (κ2) is 5.69. The standard InChI is InChI=1S/C19H13FN2OS/c1-11-6-7-12-9-13-10-17(24-19(13)22-16(12)8-11)18(23)21-15-5-3-2-4-14(15)20/h2-10H,1H3,(H,21,23). The van der Waals surface area contributed by atoms with E-state index in [0.717, 1.165) is 26.7 Å². The first-order valence-corrected chi connectivity index (χ1v) is 8.29. The van der Waals surface area contributed by atoms with E-state index in [1.165, 1.54) is 23.5 Å². The first-order chi connectivity index (χ1) is 11.6. The minimum atomic E-state index is -0.453. The van der Waals surface area contributed by atoms with Gasteiger partial charge in [0.05, 0.1) is 16.1 Å². The Morgan fingerprint density at radius 2 is 1.92 bits per heavy atom. The van der Waals surface area contributed by atoms with Crippen LogP contribution < -0.4 is 5.32 Å². The first-order valence-electron chi connectivity index (χ1n) is 7.47. The molecule has 118 valence electrons. The van der Waals surface area contributed by atoms with Crippen LogP contribution in [0.1, 0.15) is 15.2 Å². The van der Waals surface area contributed by atoms with Crippen molar-refractivity contribution < 1.29 is 9.18 Å². The van der Waals surface area contributed by atoms with Crippen molar-refractivity contribution >= 4 is 44.1 Å². The molecule has 24 heavy (non-hydrogen) atoms. The van der Waals surface area contributed by atoms with Crippen molar-refractivity contribution in [3.8, 4) is 0 Å². The summed E-state index contributed by atoms with van der Waals surface area (Å²) in [7, 11) is 0. The molecular weight excluding hydrogens is 323 g/mol. The maximum Gasteiger partial charge on any atom is 0.265 e. The fourth-order valence-electron chi connectivity index (χ4n) is 2.59. The van der Waals surface area contributed by atoms with Gasteiger partial charge in [0.15, 0.2) is 0 Å². The number of hydrogen-bond donors (Lipinski definition) is 1. The van der Waals surface area contributed by atoms with Crippen molar-refractivity contribution in [2.45, 2.75) is 6.92 Å². The predicted octanol–water partition coefficient (Wildman–Crippen LogP) is 5.15. The summed E-state index contributed by atoms with van der Waals surface area (Å²) in [6.45, 7) is 2.02. The smallest absolute Gasteiger partial charge is 0.265 e. The molecule has 0 aliphatic rings. The van der Waals surface area contributed by atoms with E-state index in [0.29, 0.717) is 4.88 Å². The molecule has 0 saturated heterocycles. The van der Waals surface area contributed by atoms with E-state index in [1.54, 1.807) is 18.2 Å². The Hall–Kier alpha value is -2.79. The molecule has 0 fully saturated rings. The van der Waals surface area contributed by atoms with Crippen LogP contribution in [0.5, 0.6) is 0 Å². The largest absolute Gasteiger partial charge is 0.319 e. The Labute approximate surface area is 141 Å². The molecule has 0 bridgehead atoms. The van der Waals surface area contributed by atoms with Crippen LogP contribution in [-0.4, -0.2) is 10.9 Å². The third kappa shape index (κ3) is 2.63. The number of benzene rings is 2. The number of fused-ring (bicyclic) bond motifs is 2. The highest BCUT2D eigenvalue weighted by Crippen LogP contribution is 2.28. The maximum atomic E-state index is 13.7. The molecule has 3 nitrogen and oxygen atoms in total. The minimum Gasteiger partial charge on any atom is -0.319 e. The number of thiophene rings is 1. The van der Waals surface area contributed by atoms with Crippen molar-refractivity contribution in [1.82, 2.24) is 4.98 Å². The third-order valence-electron chi connectivity index (χ3n) is 3.80. The van der Waals surface area contributed by atoms with Crippen molar-refractivity contribution in [2.75, 3.05) is 5.32 Å². The van der Waals surface area contributed by atoms with Crippen molar-refractivity contribution in [3.05, 3.63) is 70.9 Å². The molecule has 0 spiro atoms. The Morgan fingerprint density at radius 1 is 1.08 bits per heavy atom. The van der Waals surface area contributed by atoms with Gasteiger partial charge in [-0.15, -0.1) is 11.3 Å². The van der Waals surface area contributed by atoms with E-state index in [1.807, 2.05) is 31.2 Å². The van der Waals surface area contributed by atoms with E-state index in [2.05, 4.69) is 10.3 Å². The number of para-hydroxylation sites is 1. The SMILES string of the molecule is Cc1ccc2cc3cc(C(=O)Nc4ccccc4F)sc3nc2c1. The lowest BCUT2D eigenvalue weighted by Crippen LogP contribution is -2.11. The van der Waals surface area contributed by atoms with Gasteiger partial charge >= 0.3 is 0 Å². The predicted molar refractivity (Wildman–Crippen MR) is 96.2 cm³/mol. The number of amides is 1. The molecule has 1 amide bonds.